The molecule has 1 aliphatic rings. The Labute approximate surface area is 62.1 Å². The minimum Gasteiger partial charge on any atom is -0.368 e. The molecule has 0 atom stereocenters. The molecule has 0 aromatic heterocycles. The van der Waals surface area contributed by atoms with Gasteiger partial charge < -0.3 is 5.32 Å². The summed E-state index contributed by atoms with van der Waals surface area (Å²) < 4.78 is 0. The highest BCUT2D eigenvalue weighted by atomic mass is 14.8. The van der Waals surface area contributed by atoms with Crippen molar-refractivity contribution >= 4 is 0 Å². The number of hydrogen-bond acceptors (Lipinski definition) is 1. The number of allylic oxidation sites excluding steroid dienone is 3. The summed E-state index contributed by atoms with van der Waals surface area (Å²) in [5.41, 5.74) is 2.49. The smallest absolute Gasteiger partial charge is 0.00392 e. The lowest BCUT2D eigenvalue weighted by molar-refractivity contribution is 0.991. The Kier molecular flexibility index (Phi) is 2.32. The largest absolute Gasteiger partial charge is 0.368 e. The highest BCUT2D eigenvalue weighted by molar-refractivity contribution is 5.27. The topological polar surface area (TPSA) is 12.0 Å². The van der Waals surface area contributed by atoms with Gasteiger partial charge in [0.25, 0.3) is 0 Å². The molecule has 0 aromatic carbocycles. The zero-order chi connectivity index (χ0) is 7.40. The first-order valence-electron chi connectivity index (χ1n) is 3.56. The number of nitrogens with one attached hydrogen (secondary N) is 1. The monoisotopic (exact) mass is 135 g/mol. The summed E-state index contributed by atoms with van der Waals surface area (Å²) in [6, 6.07) is 0. The zero-order valence-corrected chi connectivity index (χ0v) is 6.35. The van der Waals surface area contributed by atoms with Gasteiger partial charge in [0.1, 0.15) is 0 Å². The van der Waals surface area contributed by atoms with Crippen LogP contribution in [0.5, 0.6) is 0 Å². The van der Waals surface area contributed by atoms with Gasteiger partial charge in [0.2, 0.25) is 0 Å². The maximum atomic E-state index is 3.88. The average Bonchev–Trinajstić information content (AvgIpc) is 2.12. The third-order valence-corrected chi connectivity index (χ3v) is 1.60. The van der Waals surface area contributed by atoms with Crippen molar-refractivity contribution in [2.75, 3.05) is 0 Å². The van der Waals surface area contributed by atoms with Gasteiger partial charge in [0.05, 0.1) is 0 Å². The Hall–Kier alpha value is -0.980. The molecule has 1 rings (SSSR count). The lowest BCUT2D eigenvalue weighted by atomic mass is 10.1. The molecule has 0 aromatic rings. The molecule has 0 radical (unpaired) electrons. The van der Waals surface area contributed by atoms with E-state index in [0.29, 0.717) is 0 Å². The molecule has 0 bridgehead atoms. The zero-order valence-electron chi connectivity index (χ0n) is 6.35. The van der Waals surface area contributed by atoms with E-state index in [1.54, 1.807) is 0 Å². The molecule has 1 heterocycles. The first-order chi connectivity index (χ1) is 4.80. The first kappa shape index (κ1) is 7.13. The molecular weight excluding hydrogens is 122 g/mol. The van der Waals surface area contributed by atoms with Gasteiger partial charge in [-0.25, -0.2) is 0 Å². The van der Waals surface area contributed by atoms with Gasteiger partial charge in [-0.05, 0) is 31.5 Å². The van der Waals surface area contributed by atoms with Crippen molar-refractivity contribution in [3.63, 3.8) is 0 Å². The van der Waals surface area contributed by atoms with Crippen molar-refractivity contribution in [3.8, 4) is 0 Å². The fourth-order valence-electron chi connectivity index (χ4n) is 0.948. The van der Waals surface area contributed by atoms with E-state index in [1.807, 2.05) is 19.3 Å². The lowest BCUT2D eigenvalue weighted by Crippen LogP contribution is -1.93. The lowest BCUT2D eigenvalue weighted by Gasteiger charge is -2.01. The van der Waals surface area contributed by atoms with Crippen LogP contribution >= 0.6 is 0 Å². The Morgan fingerprint density at radius 2 is 2.50 bits per heavy atom. The van der Waals surface area contributed by atoms with E-state index in [2.05, 4.69) is 18.0 Å². The molecular formula is C9H13N. The minimum atomic E-state index is 1.11. The van der Waals surface area contributed by atoms with Crippen molar-refractivity contribution in [1.29, 1.82) is 0 Å². The molecule has 1 aliphatic heterocycles. The normalized spacial score (nSPS) is 17.1. The van der Waals surface area contributed by atoms with Gasteiger partial charge in [0.15, 0.2) is 0 Å². The van der Waals surface area contributed by atoms with Crippen LogP contribution in [0.3, 0.4) is 0 Å². The Balaban J connectivity index is 2.61. The third kappa shape index (κ3) is 1.76. The second-order valence-electron chi connectivity index (χ2n) is 2.56. The van der Waals surface area contributed by atoms with E-state index >= 15 is 0 Å². The number of rotatable bonds is 1. The summed E-state index contributed by atoms with van der Waals surface area (Å²) in [4.78, 5) is 0. The number of hydrogen-bond donors (Lipinski definition) is 1. The van der Waals surface area contributed by atoms with Crippen LogP contribution < -0.4 is 5.32 Å². The van der Waals surface area contributed by atoms with Gasteiger partial charge in [-0.15, -0.1) is 0 Å². The van der Waals surface area contributed by atoms with Crippen LogP contribution in [0.25, 0.3) is 0 Å². The second-order valence-corrected chi connectivity index (χ2v) is 2.56. The van der Waals surface area contributed by atoms with Gasteiger partial charge in [-0.2, -0.15) is 0 Å². The average molecular weight is 135 g/mol. The highest BCUT2D eigenvalue weighted by Crippen LogP contribution is 2.14. The SMILES string of the molecule is C=C(C)C1=CNC=CCC1. The van der Waals surface area contributed by atoms with Crippen LogP contribution in [0.15, 0.2) is 36.2 Å². The molecule has 1 heteroatoms. The molecule has 1 N–H and O–H groups in total. The molecule has 54 valence electrons. The van der Waals surface area contributed by atoms with Crippen molar-refractivity contribution in [1.82, 2.24) is 5.32 Å². The van der Waals surface area contributed by atoms with E-state index in [1.165, 1.54) is 5.57 Å². The van der Waals surface area contributed by atoms with E-state index in [4.69, 9.17) is 0 Å². The van der Waals surface area contributed by atoms with Crippen molar-refractivity contribution in [3.05, 3.63) is 36.2 Å². The fourth-order valence-corrected chi connectivity index (χ4v) is 0.948. The molecule has 0 saturated heterocycles. The van der Waals surface area contributed by atoms with Gasteiger partial charge in [0, 0.05) is 6.20 Å². The van der Waals surface area contributed by atoms with Gasteiger partial charge >= 0.3 is 0 Å². The molecule has 0 unspecified atom stereocenters. The summed E-state index contributed by atoms with van der Waals surface area (Å²) in [7, 11) is 0. The minimum absolute atomic E-state index is 1.11. The van der Waals surface area contributed by atoms with Crippen molar-refractivity contribution < 1.29 is 0 Å². The van der Waals surface area contributed by atoms with Crippen molar-refractivity contribution in [2.24, 2.45) is 0 Å². The standard InChI is InChI=1S/C9H13N/c1-8(2)9-5-3-4-6-10-7-9/h4,6-7,10H,1,3,5H2,2H3. The molecule has 0 spiro atoms. The maximum absolute atomic E-state index is 3.88. The van der Waals surface area contributed by atoms with Crippen LogP contribution in [0.4, 0.5) is 0 Å². The summed E-state index contributed by atoms with van der Waals surface area (Å²) in [5.74, 6) is 0. The Bertz CT molecular complexity index is 187. The molecule has 10 heavy (non-hydrogen) atoms. The van der Waals surface area contributed by atoms with Crippen LogP contribution in [-0.2, 0) is 0 Å². The predicted molar refractivity (Wildman–Crippen MR) is 44.4 cm³/mol. The van der Waals surface area contributed by atoms with Crippen molar-refractivity contribution in [2.45, 2.75) is 19.8 Å². The molecule has 0 amide bonds. The maximum Gasteiger partial charge on any atom is 0.00392 e. The summed E-state index contributed by atoms with van der Waals surface area (Å²) in [5, 5.41) is 3.08. The Morgan fingerprint density at radius 1 is 1.70 bits per heavy atom. The molecule has 1 nitrogen and oxygen atoms in total. The van der Waals surface area contributed by atoms with E-state index in [9.17, 15) is 0 Å². The summed E-state index contributed by atoms with van der Waals surface area (Å²) in [6.07, 6.45) is 8.35. The first-order valence-corrected chi connectivity index (χ1v) is 3.56. The van der Waals surface area contributed by atoms with Crippen LogP contribution in [0.2, 0.25) is 0 Å². The highest BCUT2D eigenvalue weighted by Gasteiger charge is 1.97. The van der Waals surface area contributed by atoms with Crippen LogP contribution in [-0.4, -0.2) is 0 Å². The molecule has 0 saturated carbocycles. The Morgan fingerprint density at radius 3 is 3.20 bits per heavy atom. The quantitative estimate of drug-likeness (QED) is 0.582. The molecule has 0 fully saturated rings. The van der Waals surface area contributed by atoms with Gasteiger partial charge in [-0.1, -0.05) is 18.2 Å². The summed E-state index contributed by atoms with van der Waals surface area (Å²) in [6.45, 7) is 5.92. The fraction of sp³-hybridized carbons (Fsp3) is 0.333. The second kappa shape index (κ2) is 3.25. The van der Waals surface area contributed by atoms with E-state index in [-0.39, 0.29) is 0 Å². The van der Waals surface area contributed by atoms with Crippen LogP contribution in [0, 0.1) is 0 Å². The molecule has 0 aliphatic carbocycles. The van der Waals surface area contributed by atoms with E-state index < -0.39 is 0 Å². The van der Waals surface area contributed by atoms with E-state index in [0.717, 1.165) is 18.4 Å². The predicted octanol–water partition coefficient (Wildman–Crippen LogP) is 2.34. The van der Waals surface area contributed by atoms with Gasteiger partial charge in [-0.3, -0.25) is 0 Å². The third-order valence-electron chi connectivity index (χ3n) is 1.60. The summed E-state index contributed by atoms with van der Waals surface area (Å²) >= 11 is 0. The van der Waals surface area contributed by atoms with Crippen LogP contribution in [0.1, 0.15) is 19.8 Å².